The SMILES string of the molecule is CCCCCCCCCC(=O)OCCCCCCCN(CCO)CCCCCC1(CC(=O)OC(CCCCCCCC)CCCCCCCC)CC1. The average Bonchev–Trinajstić information content (AvgIpc) is 3.90. The van der Waals surface area contributed by atoms with Gasteiger partial charge in [-0.2, -0.15) is 0 Å². The molecular formula is C46H89NO5. The molecule has 0 amide bonds. The van der Waals surface area contributed by atoms with Crippen LogP contribution in [0, 0.1) is 5.41 Å². The number of nitrogens with zero attached hydrogens (tertiary/aromatic N) is 1. The van der Waals surface area contributed by atoms with Crippen LogP contribution in [0.4, 0.5) is 0 Å². The van der Waals surface area contributed by atoms with Crippen LogP contribution in [0.5, 0.6) is 0 Å². The highest BCUT2D eigenvalue weighted by atomic mass is 16.5. The van der Waals surface area contributed by atoms with Gasteiger partial charge in [-0.1, -0.05) is 156 Å². The Labute approximate surface area is 323 Å². The van der Waals surface area contributed by atoms with Crippen LogP contribution in [0.25, 0.3) is 0 Å². The van der Waals surface area contributed by atoms with Crippen molar-refractivity contribution < 1.29 is 24.2 Å². The number of aliphatic hydroxyl groups is 1. The van der Waals surface area contributed by atoms with Crippen molar-refractivity contribution in [2.24, 2.45) is 5.41 Å². The van der Waals surface area contributed by atoms with Gasteiger partial charge in [-0.25, -0.2) is 0 Å². The molecule has 0 saturated heterocycles. The van der Waals surface area contributed by atoms with Crippen molar-refractivity contribution in [2.45, 2.75) is 245 Å². The van der Waals surface area contributed by atoms with Gasteiger partial charge in [0.25, 0.3) is 0 Å². The van der Waals surface area contributed by atoms with Crippen LogP contribution in [0.2, 0.25) is 0 Å². The van der Waals surface area contributed by atoms with Crippen molar-refractivity contribution >= 4 is 11.9 Å². The monoisotopic (exact) mass is 736 g/mol. The number of rotatable bonds is 41. The fourth-order valence-electron chi connectivity index (χ4n) is 7.73. The van der Waals surface area contributed by atoms with Gasteiger partial charge < -0.3 is 19.5 Å². The molecule has 1 aliphatic rings. The topological polar surface area (TPSA) is 76.1 Å². The Balaban J connectivity index is 2.18. The minimum absolute atomic E-state index is 0.0238. The van der Waals surface area contributed by atoms with Crippen molar-refractivity contribution in [1.29, 1.82) is 0 Å². The van der Waals surface area contributed by atoms with Crippen LogP contribution in [-0.4, -0.2) is 60.9 Å². The van der Waals surface area contributed by atoms with Crippen LogP contribution in [0.15, 0.2) is 0 Å². The molecule has 0 unspecified atom stereocenters. The number of ether oxygens (including phenoxy) is 2. The molecule has 0 aliphatic heterocycles. The lowest BCUT2D eigenvalue weighted by molar-refractivity contribution is -0.151. The molecule has 0 atom stereocenters. The minimum Gasteiger partial charge on any atom is -0.466 e. The number of carbonyl (C=O) groups excluding carboxylic acids is 2. The van der Waals surface area contributed by atoms with Gasteiger partial charge in [0, 0.05) is 13.0 Å². The summed E-state index contributed by atoms with van der Waals surface area (Å²) in [6, 6.07) is 0. The standard InChI is InChI=1S/C46H89NO5/c1-4-7-10-13-16-20-26-33-44(49)51-41-30-22-17-21-28-37-47(39-40-48)38-29-23-27-34-46(35-36-46)42-45(50)52-43(31-24-18-14-11-8-5-2)32-25-19-15-12-9-6-3/h43,48H,4-42H2,1-3H3. The summed E-state index contributed by atoms with van der Waals surface area (Å²) in [6.45, 7) is 10.4. The van der Waals surface area contributed by atoms with E-state index in [2.05, 4.69) is 25.7 Å². The zero-order valence-corrected chi connectivity index (χ0v) is 35.2. The molecule has 52 heavy (non-hydrogen) atoms. The Morgan fingerprint density at radius 1 is 0.558 bits per heavy atom. The van der Waals surface area contributed by atoms with E-state index in [0.717, 1.165) is 77.4 Å². The minimum atomic E-state index is -0.0238. The maximum atomic E-state index is 13.1. The fraction of sp³-hybridized carbons (Fsp3) is 0.957. The van der Waals surface area contributed by atoms with Gasteiger partial charge in [0.05, 0.1) is 19.6 Å². The zero-order chi connectivity index (χ0) is 37.8. The summed E-state index contributed by atoms with van der Waals surface area (Å²) in [7, 11) is 0. The van der Waals surface area contributed by atoms with Crippen LogP contribution >= 0.6 is 0 Å². The molecule has 0 aromatic carbocycles. The molecule has 1 rings (SSSR count). The quantitative estimate of drug-likeness (QED) is 0.0498. The van der Waals surface area contributed by atoms with Gasteiger partial charge in [0.2, 0.25) is 0 Å². The maximum absolute atomic E-state index is 13.1. The van der Waals surface area contributed by atoms with E-state index < -0.39 is 0 Å². The first-order valence-corrected chi connectivity index (χ1v) is 23.2. The van der Waals surface area contributed by atoms with Gasteiger partial charge in [0.1, 0.15) is 6.10 Å². The Morgan fingerprint density at radius 2 is 1.02 bits per heavy atom. The first-order chi connectivity index (χ1) is 25.5. The normalized spacial score (nSPS) is 13.7. The van der Waals surface area contributed by atoms with Crippen LogP contribution in [-0.2, 0) is 19.1 Å². The fourth-order valence-corrected chi connectivity index (χ4v) is 7.73. The molecule has 0 aromatic rings. The number of unbranched alkanes of at least 4 members (excludes halogenated alkanes) is 22. The Kier molecular flexibility index (Phi) is 33.4. The van der Waals surface area contributed by atoms with E-state index in [1.54, 1.807) is 0 Å². The molecule has 0 aromatic heterocycles. The lowest BCUT2D eigenvalue weighted by atomic mass is 9.94. The molecule has 1 aliphatic carbocycles. The molecule has 6 heteroatoms. The van der Waals surface area contributed by atoms with Gasteiger partial charge in [0.15, 0.2) is 0 Å². The van der Waals surface area contributed by atoms with Crippen molar-refractivity contribution in [2.75, 3.05) is 32.8 Å². The number of hydrogen-bond acceptors (Lipinski definition) is 6. The van der Waals surface area contributed by atoms with Crippen molar-refractivity contribution in [3.8, 4) is 0 Å². The predicted octanol–water partition coefficient (Wildman–Crippen LogP) is 13.1. The van der Waals surface area contributed by atoms with Crippen molar-refractivity contribution in [3.05, 3.63) is 0 Å². The van der Waals surface area contributed by atoms with Gasteiger partial charge >= 0.3 is 11.9 Å². The summed E-state index contributed by atoms with van der Waals surface area (Å²) in [5.74, 6) is 0.0396. The molecular weight excluding hydrogens is 647 g/mol. The Bertz CT molecular complexity index is 784. The van der Waals surface area contributed by atoms with Crippen molar-refractivity contribution in [1.82, 2.24) is 4.90 Å². The third kappa shape index (κ3) is 30.2. The highest BCUT2D eigenvalue weighted by molar-refractivity contribution is 5.71. The molecule has 0 spiro atoms. The summed E-state index contributed by atoms with van der Waals surface area (Å²) >= 11 is 0. The molecule has 0 bridgehead atoms. The third-order valence-electron chi connectivity index (χ3n) is 11.5. The van der Waals surface area contributed by atoms with E-state index in [1.807, 2.05) is 0 Å². The van der Waals surface area contributed by atoms with E-state index in [1.165, 1.54) is 148 Å². The summed E-state index contributed by atoms with van der Waals surface area (Å²) in [5, 5.41) is 9.61. The number of carbonyl (C=O) groups is 2. The number of esters is 2. The second kappa shape index (κ2) is 35.6. The lowest BCUT2D eigenvalue weighted by Gasteiger charge is -2.22. The summed E-state index contributed by atoms with van der Waals surface area (Å²) in [5.41, 5.74) is 0.207. The summed E-state index contributed by atoms with van der Waals surface area (Å²) in [4.78, 5) is 27.5. The Hall–Kier alpha value is -1.14. The third-order valence-corrected chi connectivity index (χ3v) is 11.5. The molecule has 1 N–H and O–H groups in total. The molecule has 0 heterocycles. The molecule has 1 saturated carbocycles. The average molecular weight is 736 g/mol. The van der Waals surface area contributed by atoms with E-state index in [4.69, 9.17) is 9.47 Å². The highest BCUT2D eigenvalue weighted by Crippen LogP contribution is 2.53. The van der Waals surface area contributed by atoms with E-state index in [0.29, 0.717) is 19.4 Å². The Morgan fingerprint density at radius 3 is 1.54 bits per heavy atom. The summed E-state index contributed by atoms with van der Waals surface area (Å²) < 4.78 is 11.6. The van der Waals surface area contributed by atoms with Gasteiger partial charge in [-0.05, 0) is 89.1 Å². The van der Waals surface area contributed by atoms with Gasteiger partial charge in [-0.3, -0.25) is 9.59 Å². The maximum Gasteiger partial charge on any atom is 0.306 e. The predicted molar refractivity (Wildman–Crippen MR) is 221 cm³/mol. The number of aliphatic hydroxyl groups excluding tert-OH is 1. The molecule has 6 nitrogen and oxygen atoms in total. The van der Waals surface area contributed by atoms with Crippen LogP contribution < -0.4 is 0 Å². The van der Waals surface area contributed by atoms with Crippen molar-refractivity contribution in [3.63, 3.8) is 0 Å². The second-order valence-electron chi connectivity index (χ2n) is 16.6. The van der Waals surface area contributed by atoms with E-state index >= 15 is 0 Å². The first kappa shape index (κ1) is 48.9. The zero-order valence-electron chi connectivity index (χ0n) is 35.2. The second-order valence-corrected chi connectivity index (χ2v) is 16.6. The first-order valence-electron chi connectivity index (χ1n) is 23.2. The number of hydrogen-bond donors (Lipinski definition) is 1. The largest absolute Gasteiger partial charge is 0.466 e. The van der Waals surface area contributed by atoms with E-state index in [9.17, 15) is 14.7 Å². The lowest BCUT2D eigenvalue weighted by Crippen LogP contribution is -2.29. The highest BCUT2D eigenvalue weighted by Gasteiger charge is 2.44. The molecule has 308 valence electrons. The van der Waals surface area contributed by atoms with Crippen LogP contribution in [0.3, 0.4) is 0 Å². The van der Waals surface area contributed by atoms with Gasteiger partial charge in [-0.15, -0.1) is 0 Å². The smallest absolute Gasteiger partial charge is 0.306 e. The van der Waals surface area contributed by atoms with Crippen LogP contribution in [0.1, 0.15) is 239 Å². The molecule has 1 fully saturated rings. The van der Waals surface area contributed by atoms with E-state index in [-0.39, 0.29) is 30.1 Å². The summed E-state index contributed by atoms with van der Waals surface area (Å²) in [6.07, 6.45) is 40.0. The molecule has 0 radical (unpaired) electrons.